The number of hydrogen-bond donors (Lipinski definition) is 1. The minimum Gasteiger partial charge on any atom is -0.329 e. The SMILES string of the molecule is CN(Cc1ccc(F)cc1)C1(CN)CCC(C)(C)C1. The summed E-state index contributed by atoms with van der Waals surface area (Å²) in [4.78, 5) is 2.36. The van der Waals surface area contributed by atoms with Gasteiger partial charge in [-0.05, 0) is 49.4 Å². The van der Waals surface area contributed by atoms with Crippen molar-refractivity contribution in [2.24, 2.45) is 11.1 Å². The number of hydrogen-bond acceptors (Lipinski definition) is 2. The molecule has 2 N–H and O–H groups in total. The molecule has 0 spiro atoms. The van der Waals surface area contributed by atoms with E-state index in [1.165, 1.54) is 18.6 Å². The summed E-state index contributed by atoms with van der Waals surface area (Å²) < 4.78 is 12.9. The highest BCUT2D eigenvalue weighted by molar-refractivity contribution is 5.16. The minimum absolute atomic E-state index is 0.0951. The van der Waals surface area contributed by atoms with Crippen LogP contribution in [0.2, 0.25) is 0 Å². The van der Waals surface area contributed by atoms with Crippen LogP contribution in [0.15, 0.2) is 24.3 Å². The van der Waals surface area contributed by atoms with E-state index in [1.54, 1.807) is 0 Å². The molecule has 0 saturated heterocycles. The van der Waals surface area contributed by atoms with E-state index in [9.17, 15) is 4.39 Å². The maximum absolute atomic E-state index is 12.9. The van der Waals surface area contributed by atoms with Gasteiger partial charge in [0.15, 0.2) is 0 Å². The van der Waals surface area contributed by atoms with Crippen molar-refractivity contribution in [1.82, 2.24) is 4.90 Å². The number of nitrogens with zero attached hydrogens (tertiary/aromatic N) is 1. The van der Waals surface area contributed by atoms with E-state index in [2.05, 4.69) is 25.8 Å². The van der Waals surface area contributed by atoms with Crippen LogP contribution in [0.1, 0.15) is 38.7 Å². The van der Waals surface area contributed by atoms with Crippen molar-refractivity contribution >= 4 is 0 Å². The van der Waals surface area contributed by atoms with Crippen LogP contribution in [-0.2, 0) is 6.54 Å². The summed E-state index contributed by atoms with van der Waals surface area (Å²) in [6, 6.07) is 6.76. The van der Waals surface area contributed by atoms with Crippen LogP contribution in [0.4, 0.5) is 4.39 Å². The van der Waals surface area contributed by atoms with Gasteiger partial charge in [0.05, 0.1) is 0 Å². The van der Waals surface area contributed by atoms with Gasteiger partial charge in [-0.25, -0.2) is 4.39 Å². The van der Waals surface area contributed by atoms with Crippen LogP contribution in [0.25, 0.3) is 0 Å². The van der Waals surface area contributed by atoms with Crippen molar-refractivity contribution in [3.05, 3.63) is 35.6 Å². The van der Waals surface area contributed by atoms with E-state index in [0.29, 0.717) is 12.0 Å². The minimum atomic E-state index is -0.179. The van der Waals surface area contributed by atoms with Gasteiger partial charge in [-0.15, -0.1) is 0 Å². The molecule has 1 saturated carbocycles. The first-order chi connectivity index (χ1) is 8.87. The third-order valence-electron chi connectivity index (χ3n) is 4.60. The fourth-order valence-electron chi connectivity index (χ4n) is 3.33. The topological polar surface area (TPSA) is 29.3 Å². The molecule has 3 heteroatoms. The van der Waals surface area contributed by atoms with Crippen molar-refractivity contribution in [2.75, 3.05) is 13.6 Å². The van der Waals surface area contributed by atoms with Crippen LogP contribution in [-0.4, -0.2) is 24.0 Å². The van der Waals surface area contributed by atoms with Gasteiger partial charge in [0.2, 0.25) is 0 Å². The Kier molecular flexibility index (Phi) is 3.98. The predicted octanol–water partition coefficient (Wildman–Crippen LogP) is 3.17. The molecule has 0 bridgehead atoms. The lowest BCUT2D eigenvalue weighted by Crippen LogP contribution is -2.50. The van der Waals surface area contributed by atoms with E-state index >= 15 is 0 Å². The average Bonchev–Trinajstić information content (AvgIpc) is 2.69. The van der Waals surface area contributed by atoms with E-state index in [1.807, 2.05) is 12.1 Å². The molecule has 19 heavy (non-hydrogen) atoms. The first kappa shape index (κ1) is 14.5. The van der Waals surface area contributed by atoms with Gasteiger partial charge >= 0.3 is 0 Å². The van der Waals surface area contributed by atoms with Gasteiger partial charge in [0, 0.05) is 18.6 Å². The molecule has 0 heterocycles. The van der Waals surface area contributed by atoms with Gasteiger partial charge in [-0.2, -0.15) is 0 Å². The van der Waals surface area contributed by atoms with Crippen molar-refractivity contribution in [3.8, 4) is 0 Å². The molecule has 1 aliphatic carbocycles. The highest BCUT2D eigenvalue weighted by atomic mass is 19.1. The van der Waals surface area contributed by atoms with Crippen LogP contribution in [0, 0.1) is 11.2 Å². The van der Waals surface area contributed by atoms with Gasteiger partial charge in [0.1, 0.15) is 5.82 Å². The average molecular weight is 264 g/mol. The third kappa shape index (κ3) is 3.15. The molecule has 2 rings (SSSR count). The highest BCUT2D eigenvalue weighted by Crippen LogP contribution is 2.46. The summed E-state index contributed by atoms with van der Waals surface area (Å²) in [5, 5.41) is 0. The number of nitrogens with two attached hydrogens (primary N) is 1. The maximum Gasteiger partial charge on any atom is 0.123 e. The largest absolute Gasteiger partial charge is 0.329 e. The fourth-order valence-corrected chi connectivity index (χ4v) is 3.33. The summed E-state index contributed by atoms with van der Waals surface area (Å²) in [7, 11) is 2.14. The maximum atomic E-state index is 12.9. The first-order valence-corrected chi connectivity index (χ1v) is 7.03. The molecule has 1 atom stereocenters. The zero-order valence-corrected chi connectivity index (χ0v) is 12.2. The number of likely N-dealkylation sites (N-methyl/N-ethyl adjacent to an activating group) is 1. The monoisotopic (exact) mass is 264 g/mol. The Morgan fingerprint density at radius 2 is 1.84 bits per heavy atom. The lowest BCUT2D eigenvalue weighted by molar-refractivity contribution is 0.111. The van der Waals surface area contributed by atoms with Crippen molar-refractivity contribution in [3.63, 3.8) is 0 Å². The zero-order valence-electron chi connectivity index (χ0n) is 12.2. The van der Waals surface area contributed by atoms with Crippen molar-refractivity contribution in [1.29, 1.82) is 0 Å². The van der Waals surface area contributed by atoms with E-state index in [0.717, 1.165) is 24.9 Å². The van der Waals surface area contributed by atoms with Crippen molar-refractivity contribution < 1.29 is 4.39 Å². The highest BCUT2D eigenvalue weighted by Gasteiger charge is 2.44. The second-order valence-corrected chi connectivity index (χ2v) is 6.75. The van der Waals surface area contributed by atoms with E-state index in [4.69, 9.17) is 5.73 Å². The molecular formula is C16H25FN2. The molecule has 2 nitrogen and oxygen atoms in total. The van der Waals surface area contributed by atoms with E-state index < -0.39 is 0 Å². The molecule has 1 fully saturated rings. The normalized spacial score (nSPS) is 26.0. The molecule has 0 radical (unpaired) electrons. The molecule has 1 aromatic rings. The van der Waals surface area contributed by atoms with Crippen LogP contribution >= 0.6 is 0 Å². The molecule has 0 aliphatic heterocycles. The first-order valence-electron chi connectivity index (χ1n) is 7.03. The fraction of sp³-hybridized carbons (Fsp3) is 0.625. The Morgan fingerprint density at radius 1 is 1.21 bits per heavy atom. The smallest absolute Gasteiger partial charge is 0.123 e. The Balaban J connectivity index is 2.09. The van der Waals surface area contributed by atoms with Crippen LogP contribution in [0.3, 0.4) is 0 Å². The Hall–Kier alpha value is -0.930. The lowest BCUT2D eigenvalue weighted by Gasteiger charge is -2.39. The molecule has 1 unspecified atom stereocenters. The molecule has 1 aromatic carbocycles. The Morgan fingerprint density at radius 3 is 2.32 bits per heavy atom. The number of halogens is 1. The molecular weight excluding hydrogens is 239 g/mol. The quantitative estimate of drug-likeness (QED) is 0.905. The Bertz CT molecular complexity index is 427. The lowest BCUT2D eigenvalue weighted by atomic mass is 9.86. The van der Waals surface area contributed by atoms with Gasteiger partial charge in [-0.3, -0.25) is 4.90 Å². The number of benzene rings is 1. The summed E-state index contributed by atoms with van der Waals surface area (Å²) in [6.07, 6.45) is 3.50. The van der Waals surface area contributed by atoms with Gasteiger partial charge in [0.25, 0.3) is 0 Å². The Labute approximate surface area is 115 Å². The standard InChI is InChI=1S/C16H25FN2/c1-15(2)8-9-16(11-15,12-18)19(3)10-13-4-6-14(17)7-5-13/h4-7H,8-12,18H2,1-3H3. The van der Waals surface area contributed by atoms with Crippen molar-refractivity contribution in [2.45, 2.75) is 45.2 Å². The molecule has 1 aliphatic rings. The molecule has 106 valence electrons. The summed E-state index contributed by atoms with van der Waals surface area (Å²) in [5.41, 5.74) is 7.67. The summed E-state index contributed by atoms with van der Waals surface area (Å²) in [5.74, 6) is -0.179. The second kappa shape index (κ2) is 5.22. The second-order valence-electron chi connectivity index (χ2n) is 6.75. The van der Waals surface area contributed by atoms with Gasteiger partial charge in [-0.1, -0.05) is 26.0 Å². The molecule has 0 aromatic heterocycles. The predicted molar refractivity (Wildman–Crippen MR) is 77.3 cm³/mol. The number of rotatable bonds is 4. The summed E-state index contributed by atoms with van der Waals surface area (Å²) in [6.45, 7) is 6.15. The summed E-state index contributed by atoms with van der Waals surface area (Å²) >= 11 is 0. The van der Waals surface area contributed by atoms with Crippen LogP contribution in [0.5, 0.6) is 0 Å². The third-order valence-corrected chi connectivity index (χ3v) is 4.60. The molecule has 0 amide bonds. The zero-order chi connectivity index (χ0) is 14.1. The van der Waals surface area contributed by atoms with E-state index in [-0.39, 0.29) is 11.4 Å². The van der Waals surface area contributed by atoms with Crippen LogP contribution < -0.4 is 5.73 Å². The van der Waals surface area contributed by atoms with Gasteiger partial charge < -0.3 is 5.73 Å².